The highest BCUT2D eigenvalue weighted by molar-refractivity contribution is 6.06. The zero-order valence-electron chi connectivity index (χ0n) is 17.2. The number of carbonyl (C=O) groups excluding carboxylic acids is 2. The van der Waals surface area contributed by atoms with Crippen LogP contribution < -0.4 is 10.9 Å². The Labute approximate surface area is 183 Å². The zero-order valence-corrected chi connectivity index (χ0v) is 17.2. The van der Waals surface area contributed by atoms with Gasteiger partial charge in [-0.2, -0.15) is 0 Å². The number of nitrogens with zero attached hydrogens (tertiary/aromatic N) is 3. The van der Waals surface area contributed by atoms with Crippen LogP contribution in [0.4, 0.5) is 5.69 Å². The van der Waals surface area contributed by atoms with E-state index in [2.05, 4.69) is 10.3 Å². The number of pyridine rings is 1. The molecular formula is C24H20N4O4. The van der Waals surface area contributed by atoms with Crippen LogP contribution in [0, 0.1) is 0 Å². The molecule has 32 heavy (non-hydrogen) atoms. The summed E-state index contributed by atoms with van der Waals surface area (Å²) < 4.78 is 6.58. The Morgan fingerprint density at radius 2 is 1.75 bits per heavy atom. The molecule has 2 aromatic carbocycles. The molecule has 0 unspecified atom stereocenters. The molecule has 160 valence electrons. The third-order valence-corrected chi connectivity index (χ3v) is 5.52. The maximum absolute atomic E-state index is 13.0. The number of carbonyl (C=O) groups is 2. The number of amides is 2. The summed E-state index contributed by atoms with van der Waals surface area (Å²) in [5.74, 6) is -0.610. The minimum absolute atomic E-state index is 0.0385. The molecule has 1 fully saturated rings. The van der Waals surface area contributed by atoms with Crippen LogP contribution in [0.5, 0.6) is 0 Å². The Balaban J connectivity index is 1.46. The highest BCUT2D eigenvalue weighted by Gasteiger charge is 2.22. The molecule has 0 bridgehead atoms. The van der Waals surface area contributed by atoms with Crippen molar-refractivity contribution in [1.82, 2.24) is 14.3 Å². The summed E-state index contributed by atoms with van der Waals surface area (Å²) in [6.45, 7) is 1.94. The van der Waals surface area contributed by atoms with Crippen LogP contribution >= 0.6 is 0 Å². The molecule has 1 aliphatic heterocycles. The summed E-state index contributed by atoms with van der Waals surface area (Å²) >= 11 is 0. The molecule has 3 heterocycles. The Kier molecular flexibility index (Phi) is 5.12. The lowest BCUT2D eigenvalue weighted by Gasteiger charge is -2.27. The molecule has 0 saturated carbocycles. The summed E-state index contributed by atoms with van der Waals surface area (Å²) in [5.41, 5.74) is 0.596. The van der Waals surface area contributed by atoms with E-state index in [1.165, 1.54) is 16.8 Å². The molecule has 0 radical (unpaired) electrons. The molecule has 0 aliphatic carbocycles. The molecule has 2 aromatic heterocycles. The highest BCUT2D eigenvalue weighted by Crippen LogP contribution is 2.17. The van der Waals surface area contributed by atoms with Gasteiger partial charge in [0, 0.05) is 24.8 Å². The molecule has 2 amide bonds. The first-order valence-electron chi connectivity index (χ1n) is 10.3. The van der Waals surface area contributed by atoms with E-state index >= 15 is 0 Å². The lowest BCUT2D eigenvalue weighted by Crippen LogP contribution is -2.41. The molecule has 1 aliphatic rings. The van der Waals surface area contributed by atoms with Crippen LogP contribution in [0.1, 0.15) is 20.7 Å². The second-order valence-corrected chi connectivity index (χ2v) is 7.51. The number of rotatable bonds is 3. The van der Waals surface area contributed by atoms with Gasteiger partial charge in [-0.1, -0.05) is 30.3 Å². The third kappa shape index (κ3) is 3.61. The van der Waals surface area contributed by atoms with Crippen molar-refractivity contribution in [2.75, 3.05) is 31.6 Å². The van der Waals surface area contributed by atoms with E-state index in [-0.39, 0.29) is 17.2 Å². The highest BCUT2D eigenvalue weighted by atomic mass is 16.5. The van der Waals surface area contributed by atoms with E-state index in [1.807, 2.05) is 30.3 Å². The second kappa shape index (κ2) is 8.24. The Morgan fingerprint density at radius 3 is 2.56 bits per heavy atom. The normalized spacial score (nSPS) is 13.9. The standard InChI is InChI=1S/C24H20N4O4/c29-22(18-8-7-16-4-1-2-5-17(16)14-18)26-20-15-25-21-19(6-3-9-28(21)24(20)31)23(30)27-10-12-32-13-11-27/h1-9,14-15H,10-13H2,(H,26,29). The minimum atomic E-state index is -0.458. The van der Waals surface area contributed by atoms with Gasteiger partial charge in [0.15, 0.2) is 5.65 Å². The van der Waals surface area contributed by atoms with E-state index in [0.29, 0.717) is 37.4 Å². The first-order valence-corrected chi connectivity index (χ1v) is 10.3. The number of ether oxygens (including phenoxy) is 1. The van der Waals surface area contributed by atoms with Crippen LogP contribution in [0.2, 0.25) is 0 Å². The lowest BCUT2D eigenvalue weighted by molar-refractivity contribution is 0.0303. The molecule has 5 rings (SSSR count). The monoisotopic (exact) mass is 428 g/mol. The molecule has 8 heteroatoms. The summed E-state index contributed by atoms with van der Waals surface area (Å²) in [7, 11) is 0. The number of aromatic nitrogens is 2. The predicted molar refractivity (Wildman–Crippen MR) is 120 cm³/mol. The number of benzene rings is 2. The van der Waals surface area contributed by atoms with Crippen molar-refractivity contribution in [2.24, 2.45) is 0 Å². The maximum atomic E-state index is 13.0. The predicted octanol–water partition coefficient (Wildman–Crippen LogP) is 2.57. The van der Waals surface area contributed by atoms with Crippen molar-refractivity contribution < 1.29 is 14.3 Å². The summed E-state index contributed by atoms with van der Waals surface area (Å²) in [6.07, 6.45) is 2.83. The summed E-state index contributed by atoms with van der Waals surface area (Å²) in [6, 6.07) is 16.3. The van der Waals surface area contributed by atoms with Gasteiger partial charge >= 0.3 is 0 Å². The summed E-state index contributed by atoms with van der Waals surface area (Å²) in [4.78, 5) is 44.7. The topological polar surface area (TPSA) is 93.0 Å². The second-order valence-electron chi connectivity index (χ2n) is 7.51. The van der Waals surface area contributed by atoms with Gasteiger partial charge in [0.2, 0.25) is 0 Å². The first kappa shape index (κ1) is 19.9. The van der Waals surface area contributed by atoms with Crippen molar-refractivity contribution in [1.29, 1.82) is 0 Å². The van der Waals surface area contributed by atoms with Crippen LogP contribution in [0.3, 0.4) is 0 Å². The average molecular weight is 428 g/mol. The van der Waals surface area contributed by atoms with E-state index < -0.39 is 11.5 Å². The molecule has 0 atom stereocenters. The fourth-order valence-electron chi connectivity index (χ4n) is 3.82. The third-order valence-electron chi connectivity index (χ3n) is 5.52. The quantitative estimate of drug-likeness (QED) is 0.541. The van der Waals surface area contributed by atoms with Crippen molar-refractivity contribution >= 4 is 33.9 Å². The fraction of sp³-hybridized carbons (Fsp3) is 0.167. The number of morpholine rings is 1. The summed E-state index contributed by atoms with van der Waals surface area (Å²) in [5, 5.41) is 4.60. The Bertz CT molecular complexity index is 1410. The van der Waals surface area contributed by atoms with Gasteiger partial charge in [-0.15, -0.1) is 0 Å². The van der Waals surface area contributed by atoms with Gasteiger partial charge in [-0.05, 0) is 35.0 Å². The molecule has 4 aromatic rings. The smallest absolute Gasteiger partial charge is 0.281 e. The van der Waals surface area contributed by atoms with Crippen LogP contribution in [-0.2, 0) is 4.74 Å². The largest absolute Gasteiger partial charge is 0.378 e. The van der Waals surface area contributed by atoms with Gasteiger partial charge < -0.3 is 15.0 Å². The molecule has 1 saturated heterocycles. The zero-order chi connectivity index (χ0) is 22.1. The SMILES string of the molecule is O=C(Nc1cnc2c(C(=O)N3CCOCC3)cccn2c1=O)c1ccc2ccccc2c1. The van der Waals surface area contributed by atoms with E-state index in [4.69, 9.17) is 4.74 Å². The Hall–Kier alpha value is -4.04. The minimum Gasteiger partial charge on any atom is -0.378 e. The van der Waals surface area contributed by atoms with Crippen LogP contribution in [-0.4, -0.2) is 52.4 Å². The van der Waals surface area contributed by atoms with Crippen molar-refractivity contribution in [3.8, 4) is 0 Å². The number of hydrogen-bond acceptors (Lipinski definition) is 5. The lowest BCUT2D eigenvalue weighted by atomic mass is 10.1. The van der Waals surface area contributed by atoms with Crippen molar-refractivity contribution in [2.45, 2.75) is 0 Å². The molecule has 0 spiro atoms. The van der Waals surface area contributed by atoms with Crippen molar-refractivity contribution in [3.05, 3.63) is 88.5 Å². The van der Waals surface area contributed by atoms with E-state index in [9.17, 15) is 14.4 Å². The van der Waals surface area contributed by atoms with E-state index in [1.54, 1.807) is 29.2 Å². The van der Waals surface area contributed by atoms with Gasteiger partial charge in [0.25, 0.3) is 17.4 Å². The molecule has 8 nitrogen and oxygen atoms in total. The number of hydrogen-bond donors (Lipinski definition) is 1. The molecule has 1 N–H and O–H groups in total. The number of fused-ring (bicyclic) bond motifs is 2. The maximum Gasteiger partial charge on any atom is 0.281 e. The van der Waals surface area contributed by atoms with Crippen molar-refractivity contribution in [3.63, 3.8) is 0 Å². The van der Waals surface area contributed by atoms with Gasteiger partial charge in [-0.25, -0.2) is 4.98 Å². The van der Waals surface area contributed by atoms with Crippen LogP contribution in [0.15, 0.2) is 71.8 Å². The Morgan fingerprint density at radius 1 is 0.969 bits per heavy atom. The van der Waals surface area contributed by atoms with Gasteiger partial charge in [-0.3, -0.25) is 18.8 Å². The van der Waals surface area contributed by atoms with E-state index in [0.717, 1.165) is 10.8 Å². The number of nitrogens with one attached hydrogen (secondary N) is 1. The fourth-order valence-corrected chi connectivity index (χ4v) is 3.82. The molecular weight excluding hydrogens is 408 g/mol. The van der Waals surface area contributed by atoms with Gasteiger partial charge in [0.05, 0.1) is 25.0 Å². The average Bonchev–Trinajstić information content (AvgIpc) is 2.85. The first-order chi connectivity index (χ1) is 15.6. The van der Waals surface area contributed by atoms with Gasteiger partial charge in [0.1, 0.15) is 5.69 Å². The van der Waals surface area contributed by atoms with Crippen LogP contribution in [0.25, 0.3) is 16.4 Å². The number of anilines is 1.